The Labute approximate surface area is 129 Å². The molecule has 3 nitrogen and oxygen atoms in total. The van der Waals surface area contributed by atoms with Crippen LogP contribution in [0, 0.1) is 0 Å². The number of thiazole rings is 1. The van der Waals surface area contributed by atoms with Crippen molar-refractivity contribution in [2.24, 2.45) is 0 Å². The molecule has 5 heteroatoms. The Morgan fingerprint density at radius 2 is 1.90 bits per heavy atom. The van der Waals surface area contributed by atoms with Crippen molar-refractivity contribution in [1.29, 1.82) is 0 Å². The van der Waals surface area contributed by atoms with E-state index in [1.165, 1.54) is 16.9 Å². The summed E-state index contributed by atoms with van der Waals surface area (Å²) in [5.74, 6) is 0. The molecule has 20 heavy (non-hydrogen) atoms. The average Bonchev–Trinajstić information content (AvgIpc) is 2.89. The van der Waals surface area contributed by atoms with Gasteiger partial charge >= 0.3 is 0 Å². The second-order valence-corrected chi connectivity index (χ2v) is 6.29. The van der Waals surface area contributed by atoms with E-state index in [1.54, 1.807) is 0 Å². The van der Waals surface area contributed by atoms with Crippen molar-refractivity contribution in [3.05, 3.63) is 45.4 Å². The maximum absolute atomic E-state index is 5.81. The number of rotatable bonds is 7. The number of aromatic nitrogens is 1. The number of nitrogens with one attached hydrogen (secondary N) is 1. The van der Waals surface area contributed by atoms with E-state index in [0.29, 0.717) is 4.47 Å². The maximum atomic E-state index is 5.81. The first-order chi connectivity index (χ1) is 9.71. The number of anilines is 1. The first-order valence-electron chi connectivity index (χ1n) is 6.86. The third kappa shape index (κ3) is 4.47. The van der Waals surface area contributed by atoms with Gasteiger partial charge in [0.1, 0.15) is 0 Å². The topological polar surface area (TPSA) is 28.2 Å². The van der Waals surface area contributed by atoms with Crippen LogP contribution in [0.3, 0.4) is 0 Å². The molecule has 0 bridgehead atoms. The van der Waals surface area contributed by atoms with Crippen LogP contribution in [-0.4, -0.2) is 23.0 Å². The smallest absolute Gasteiger partial charge is 0.183 e. The lowest BCUT2D eigenvalue weighted by molar-refractivity contribution is 0.296. The van der Waals surface area contributed by atoms with E-state index in [1.807, 2.05) is 6.20 Å². The van der Waals surface area contributed by atoms with Crippen molar-refractivity contribution in [3.63, 3.8) is 0 Å². The molecule has 0 atom stereocenters. The second kappa shape index (κ2) is 7.62. The molecule has 0 unspecified atom stereocenters. The number of halogens is 1. The van der Waals surface area contributed by atoms with Gasteiger partial charge in [-0.3, -0.25) is 4.90 Å². The molecule has 1 heterocycles. The summed E-state index contributed by atoms with van der Waals surface area (Å²) < 4.78 is 0.594. The van der Waals surface area contributed by atoms with Crippen molar-refractivity contribution in [2.45, 2.75) is 26.9 Å². The van der Waals surface area contributed by atoms with E-state index in [-0.39, 0.29) is 0 Å². The monoisotopic (exact) mass is 309 g/mol. The summed E-state index contributed by atoms with van der Waals surface area (Å²) in [6, 6.07) is 8.61. The fourth-order valence-electron chi connectivity index (χ4n) is 1.99. The van der Waals surface area contributed by atoms with E-state index in [2.05, 4.69) is 53.3 Å². The Hall–Kier alpha value is -1.10. The second-order valence-electron chi connectivity index (χ2n) is 4.59. The SMILES string of the molecule is CCN(CC)Cc1ccc(NCc2cnc(Cl)s2)cc1. The molecule has 0 saturated heterocycles. The van der Waals surface area contributed by atoms with Crippen molar-refractivity contribution in [3.8, 4) is 0 Å². The number of nitrogens with zero attached hydrogens (tertiary/aromatic N) is 2. The predicted molar refractivity (Wildman–Crippen MR) is 87.5 cm³/mol. The molecule has 2 rings (SSSR count). The third-order valence-corrected chi connectivity index (χ3v) is 4.36. The molecular formula is C15H20ClN3S. The molecule has 0 spiro atoms. The van der Waals surface area contributed by atoms with Crippen LogP contribution in [0.25, 0.3) is 0 Å². The first kappa shape index (κ1) is 15.3. The number of hydrogen-bond acceptors (Lipinski definition) is 4. The summed E-state index contributed by atoms with van der Waals surface area (Å²) in [6.07, 6.45) is 1.81. The Kier molecular flexibility index (Phi) is 5.83. The molecular weight excluding hydrogens is 290 g/mol. The summed E-state index contributed by atoms with van der Waals surface area (Å²) >= 11 is 7.32. The van der Waals surface area contributed by atoms with Gasteiger partial charge < -0.3 is 5.32 Å². The van der Waals surface area contributed by atoms with Crippen LogP contribution in [0.5, 0.6) is 0 Å². The van der Waals surface area contributed by atoms with Crippen LogP contribution in [0.4, 0.5) is 5.69 Å². The molecule has 0 aliphatic rings. The molecule has 0 saturated carbocycles. The Morgan fingerprint density at radius 1 is 1.20 bits per heavy atom. The van der Waals surface area contributed by atoms with Gasteiger partial charge in [0.25, 0.3) is 0 Å². The van der Waals surface area contributed by atoms with Crippen molar-refractivity contribution in [2.75, 3.05) is 18.4 Å². The van der Waals surface area contributed by atoms with Crippen LogP contribution in [0.2, 0.25) is 4.47 Å². The zero-order valence-electron chi connectivity index (χ0n) is 11.9. The molecule has 0 amide bonds. The minimum Gasteiger partial charge on any atom is -0.380 e. The molecule has 0 aliphatic heterocycles. The van der Waals surface area contributed by atoms with Gasteiger partial charge in [-0.05, 0) is 30.8 Å². The number of benzene rings is 1. The molecule has 1 aromatic heterocycles. The average molecular weight is 310 g/mol. The molecule has 1 aromatic carbocycles. The Bertz CT molecular complexity index is 520. The highest BCUT2D eigenvalue weighted by Gasteiger charge is 2.02. The summed E-state index contributed by atoms with van der Waals surface area (Å²) in [5, 5.41) is 3.38. The standard InChI is InChI=1S/C15H20ClN3S/c1-3-19(4-2)11-12-5-7-13(8-6-12)17-9-14-10-18-15(16)20-14/h5-8,10,17H,3-4,9,11H2,1-2H3. The lowest BCUT2D eigenvalue weighted by atomic mass is 10.2. The number of hydrogen-bond donors (Lipinski definition) is 1. The Morgan fingerprint density at radius 3 is 2.45 bits per heavy atom. The predicted octanol–water partition coefficient (Wildman–Crippen LogP) is 4.25. The van der Waals surface area contributed by atoms with Crippen LogP contribution in [0.1, 0.15) is 24.3 Å². The maximum Gasteiger partial charge on any atom is 0.183 e. The zero-order chi connectivity index (χ0) is 14.4. The lowest BCUT2D eigenvalue weighted by Crippen LogP contribution is -2.21. The van der Waals surface area contributed by atoms with Crippen LogP contribution < -0.4 is 5.32 Å². The van der Waals surface area contributed by atoms with E-state index in [0.717, 1.165) is 36.7 Å². The summed E-state index contributed by atoms with van der Waals surface area (Å²) in [4.78, 5) is 7.58. The van der Waals surface area contributed by atoms with E-state index < -0.39 is 0 Å². The van der Waals surface area contributed by atoms with Gasteiger partial charge in [0.2, 0.25) is 0 Å². The van der Waals surface area contributed by atoms with Crippen molar-refractivity contribution < 1.29 is 0 Å². The summed E-state index contributed by atoms with van der Waals surface area (Å²) in [7, 11) is 0. The molecule has 0 fully saturated rings. The molecule has 1 N–H and O–H groups in total. The van der Waals surface area contributed by atoms with Gasteiger partial charge in [0, 0.05) is 23.3 Å². The largest absolute Gasteiger partial charge is 0.380 e. The quantitative estimate of drug-likeness (QED) is 0.828. The fraction of sp³-hybridized carbons (Fsp3) is 0.400. The highest BCUT2D eigenvalue weighted by Crippen LogP contribution is 2.19. The highest BCUT2D eigenvalue weighted by atomic mass is 35.5. The summed E-state index contributed by atoms with van der Waals surface area (Å²) in [6.45, 7) is 8.34. The van der Waals surface area contributed by atoms with Gasteiger partial charge in [-0.2, -0.15) is 0 Å². The summed E-state index contributed by atoms with van der Waals surface area (Å²) in [5.41, 5.74) is 2.47. The normalized spacial score (nSPS) is 11.0. The van der Waals surface area contributed by atoms with Crippen LogP contribution >= 0.6 is 22.9 Å². The third-order valence-electron chi connectivity index (χ3n) is 3.25. The van der Waals surface area contributed by atoms with Gasteiger partial charge in [-0.15, -0.1) is 11.3 Å². The lowest BCUT2D eigenvalue weighted by Gasteiger charge is -2.18. The highest BCUT2D eigenvalue weighted by molar-refractivity contribution is 7.15. The van der Waals surface area contributed by atoms with Crippen LogP contribution in [0.15, 0.2) is 30.5 Å². The van der Waals surface area contributed by atoms with Crippen LogP contribution in [-0.2, 0) is 13.1 Å². The van der Waals surface area contributed by atoms with Gasteiger partial charge in [0.15, 0.2) is 4.47 Å². The van der Waals surface area contributed by atoms with Gasteiger partial charge in [-0.25, -0.2) is 4.98 Å². The molecule has 0 radical (unpaired) electrons. The molecule has 0 aliphatic carbocycles. The fourth-order valence-corrected chi connectivity index (χ4v) is 2.91. The minimum atomic E-state index is 0.594. The van der Waals surface area contributed by atoms with E-state index in [4.69, 9.17) is 11.6 Å². The van der Waals surface area contributed by atoms with E-state index >= 15 is 0 Å². The first-order valence-corrected chi connectivity index (χ1v) is 8.06. The van der Waals surface area contributed by atoms with Crippen molar-refractivity contribution >= 4 is 28.6 Å². The molecule has 2 aromatic rings. The van der Waals surface area contributed by atoms with E-state index in [9.17, 15) is 0 Å². The Balaban J connectivity index is 1.88. The van der Waals surface area contributed by atoms with Gasteiger partial charge in [0.05, 0.1) is 6.54 Å². The molecule has 108 valence electrons. The van der Waals surface area contributed by atoms with Gasteiger partial charge in [-0.1, -0.05) is 37.6 Å². The van der Waals surface area contributed by atoms with Crippen molar-refractivity contribution in [1.82, 2.24) is 9.88 Å². The zero-order valence-corrected chi connectivity index (χ0v) is 13.5. The minimum absolute atomic E-state index is 0.594.